The average Bonchev–Trinajstić information content (AvgIpc) is 3.40. The number of aromatic nitrogens is 2. The topological polar surface area (TPSA) is 112 Å². The second kappa shape index (κ2) is 11.6. The number of aromatic amines is 1. The molecule has 0 radical (unpaired) electrons. The van der Waals surface area contributed by atoms with Crippen LogP contribution in [-0.4, -0.2) is 72.3 Å². The van der Waals surface area contributed by atoms with Crippen LogP contribution in [0.3, 0.4) is 0 Å². The number of anilines is 1. The van der Waals surface area contributed by atoms with Crippen molar-refractivity contribution < 1.29 is 23.8 Å². The molecule has 3 aromatic rings. The van der Waals surface area contributed by atoms with Crippen molar-refractivity contribution in [2.24, 2.45) is 0 Å². The summed E-state index contributed by atoms with van der Waals surface area (Å²) in [4.78, 5) is 15.0. The number of nitrogens with one attached hydrogen (secondary N) is 3. The minimum absolute atomic E-state index is 0.332. The maximum Gasteiger partial charge on any atom is 0.319 e. The average molecular weight is 470 g/mol. The molecular weight excluding hydrogens is 441 g/mol. The first-order valence-corrected chi connectivity index (χ1v) is 11.1. The smallest absolute Gasteiger partial charge is 0.319 e. The molecule has 9 nitrogen and oxygen atoms in total. The largest absolute Gasteiger partial charge is 0.490 e. The van der Waals surface area contributed by atoms with Gasteiger partial charge in [0.15, 0.2) is 0 Å². The van der Waals surface area contributed by atoms with Gasteiger partial charge in [-0.3, -0.25) is 10.00 Å². The molecule has 2 heterocycles. The number of benzene rings is 2. The minimum atomic E-state index is -0.684. The van der Waals surface area contributed by atoms with Crippen molar-refractivity contribution >= 4 is 11.7 Å². The third-order valence-corrected chi connectivity index (χ3v) is 5.59. The van der Waals surface area contributed by atoms with Gasteiger partial charge in [0.2, 0.25) is 0 Å². The molecule has 0 spiro atoms. The number of aliphatic hydroxyl groups excluding tert-OH is 1. The molecule has 4 N–H and O–H groups in total. The Labute approximate surface area is 196 Å². The van der Waals surface area contributed by atoms with Crippen LogP contribution in [-0.2, 0) is 4.74 Å². The van der Waals surface area contributed by atoms with Gasteiger partial charge < -0.3 is 25.2 Å². The van der Waals surface area contributed by atoms with Gasteiger partial charge >= 0.3 is 6.03 Å². The van der Waals surface area contributed by atoms with E-state index in [2.05, 4.69) is 25.7 Å². The Morgan fingerprint density at radius 2 is 2.00 bits per heavy atom. The summed E-state index contributed by atoms with van der Waals surface area (Å²) in [5, 5.41) is 22.0. The molecular formula is C24H28FN5O4. The first-order chi connectivity index (χ1) is 16.6. The molecule has 1 aliphatic heterocycles. The Morgan fingerprint density at radius 3 is 2.71 bits per heavy atom. The SMILES string of the molecule is O=C(Nc1ccc(-c2cn[nH]c2)cc1OCCN1CCOCC1)NC(CO)c1ccc(F)cc1. The maximum absolute atomic E-state index is 13.2. The van der Waals surface area contributed by atoms with Crippen molar-refractivity contribution in [2.45, 2.75) is 6.04 Å². The Bertz CT molecular complexity index is 1060. The first kappa shape index (κ1) is 23.7. The molecule has 34 heavy (non-hydrogen) atoms. The molecule has 2 amide bonds. The molecule has 0 bridgehead atoms. The van der Waals surface area contributed by atoms with Gasteiger partial charge in [-0.1, -0.05) is 18.2 Å². The number of halogens is 1. The molecule has 4 rings (SSSR count). The van der Waals surface area contributed by atoms with Crippen molar-refractivity contribution in [3.8, 4) is 16.9 Å². The van der Waals surface area contributed by atoms with Crippen LogP contribution in [0.4, 0.5) is 14.9 Å². The van der Waals surface area contributed by atoms with Crippen LogP contribution >= 0.6 is 0 Å². The molecule has 10 heteroatoms. The molecule has 1 fully saturated rings. The van der Waals surface area contributed by atoms with Gasteiger partial charge in [0.25, 0.3) is 0 Å². The fourth-order valence-corrected chi connectivity index (χ4v) is 3.69. The normalized spacial score (nSPS) is 15.0. The first-order valence-electron chi connectivity index (χ1n) is 11.1. The summed E-state index contributed by atoms with van der Waals surface area (Å²) in [5.74, 6) is 0.130. The van der Waals surface area contributed by atoms with Crippen molar-refractivity contribution in [3.63, 3.8) is 0 Å². The lowest BCUT2D eigenvalue weighted by atomic mass is 10.1. The molecule has 0 aliphatic carbocycles. The van der Waals surface area contributed by atoms with Crippen molar-refractivity contribution in [3.05, 3.63) is 66.2 Å². The molecule has 0 saturated carbocycles. The summed E-state index contributed by atoms with van der Waals surface area (Å²) in [6, 6.07) is 9.89. The summed E-state index contributed by atoms with van der Waals surface area (Å²) >= 11 is 0. The number of rotatable bonds is 9. The number of hydrogen-bond donors (Lipinski definition) is 4. The van der Waals surface area contributed by atoms with Gasteiger partial charge in [0, 0.05) is 31.4 Å². The predicted octanol–water partition coefficient (Wildman–Crippen LogP) is 2.78. The van der Waals surface area contributed by atoms with Gasteiger partial charge in [0.1, 0.15) is 18.2 Å². The summed E-state index contributed by atoms with van der Waals surface area (Å²) in [6.45, 7) is 3.99. The predicted molar refractivity (Wildman–Crippen MR) is 125 cm³/mol. The van der Waals surface area contributed by atoms with Crippen LogP contribution in [0.5, 0.6) is 5.75 Å². The zero-order valence-electron chi connectivity index (χ0n) is 18.7. The molecule has 1 atom stereocenters. The highest BCUT2D eigenvalue weighted by molar-refractivity contribution is 5.91. The second-order valence-corrected chi connectivity index (χ2v) is 7.89. The Hall–Kier alpha value is -3.47. The number of H-pyrrole nitrogens is 1. The van der Waals surface area contributed by atoms with Gasteiger partial charge in [-0.15, -0.1) is 0 Å². The number of urea groups is 1. The fraction of sp³-hybridized carbons (Fsp3) is 0.333. The van der Waals surface area contributed by atoms with E-state index in [0.717, 1.165) is 30.8 Å². The van der Waals surface area contributed by atoms with Gasteiger partial charge in [-0.25, -0.2) is 9.18 Å². The van der Waals surface area contributed by atoms with Crippen LogP contribution in [0, 0.1) is 5.82 Å². The van der Waals surface area contributed by atoms with E-state index in [1.165, 1.54) is 24.3 Å². The molecule has 180 valence electrons. The van der Waals surface area contributed by atoms with Crippen LogP contribution < -0.4 is 15.4 Å². The molecule has 1 aliphatic rings. The minimum Gasteiger partial charge on any atom is -0.490 e. The summed E-state index contributed by atoms with van der Waals surface area (Å²) in [6.07, 6.45) is 3.49. The lowest BCUT2D eigenvalue weighted by molar-refractivity contribution is 0.0323. The molecule has 2 aromatic carbocycles. The number of carbonyl (C=O) groups is 1. The number of carbonyl (C=O) groups excluding carboxylic acids is 1. The van der Waals surface area contributed by atoms with Crippen molar-refractivity contribution in [1.82, 2.24) is 20.4 Å². The monoisotopic (exact) mass is 469 g/mol. The highest BCUT2D eigenvalue weighted by Crippen LogP contribution is 2.31. The van der Waals surface area contributed by atoms with E-state index in [1.54, 1.807) is 18.5 Å². The maximum atomic E-state index is 13.2. The Kier molecular flexibility index (Phi) is 8.08. The van der Waals surface area contributed by atoms with Crippen LogP contribution in [0.2, 0.25) is 0 Å². The third kappa shape index (κ3) is 6.31. The number of ether oxygens (including phenoxy) is 2. The zero-order valence-corrected chi connectivity index (χ0v) is 18.7. The van der Waals surface area contributed by atoms with Crippen LogP contribution in [0.15, 0.2) is 54.9 Å². The standard InChI is InChI=1S/C24H28FN5O4/c25-20-4-1-17(2-5-20)22(16-31)29-24(32)28-21-6-3-18(19-14-26-27-15-19)13-23(21)34-12-9-30-7-10-33-11-8-30/h1-6,13-15,22,31H,7-12,16H2,(H,26,27)(H2,28,29,32). The summed E-state index contributed by atoms with van der Waals surface area (Å²) in [7, 11) is 0. The summed E-state index contributed by atoms with van der Waals surface area (Å²) in [5.41, 5.74) is 2.87. The highest BCUT2D eigenvalue weighted by Gasteiger charge is 2.17. The number of hydrogen-bond acceptors (Lipinski definition) is 6. The zero-order chi connectivity index (χ0) is 23.8. The fourth-order valence-electron chi connectivity index (χ4n) is 3.69. The van der Waals surface area contributed by atoms with E-state index >= 15 is 0 Å². The number of nitrogens with zero attached hydrogens (tertiary/aromatic N) is 2. The number of morpholine rings is 1. The molecule has 1 aromatic heterocycles. The van der Waals surface area contributed by atoms with Gasteiger partial charge in [-0.2, -0.15) is 5.10 Å². The Balaban J connectivity index is 1.45. The van der Waals surface area contributed by atoms with Crippen LogP contribution in [0.25, 0.3) is 11.1 Å². The third-order valence-electron chi connectivity index (χ3n) is 5.59. The highest BCUT2D eigenvalue weighted by atomic mass is 19.1. The molecule has 1 unspecified atom stereocenters. The van der Waals surface area contributed by atoms with E-state index < -0.39 is 12.1 Å². The second-order valence-electron chi connectivity index (χ2n) is 7.89. The number of amides is 2. The lowest BCUT2D eigenvalue weighted by Gasteiger charge is -2.26. The quantitative estimate of drug-likeness (QED) is 0.384. The van der Waals surface area contributed by atoms with Crippen molar-refractivity contribution in [2.75, 3.05) is 51.4 Å². The van der Waals surface area contributed by atoms with E-state index in [9.17, 15) is 14.3 Å². The van der Waals surface area contributed by atoms with Crippen molar-refractivity contribution in [1.29, 1.82) is 0 Å². The van der Waals surface area contributed by atoms with E-state index in [0.29, 0.717) is 36.8 Å². The van der Waals surface area contributed by atoms with Gasteiger partial charge in [0.05, 0.1) is 37.7 Å². The lowest BCUT2D eigenvalue weighted by Crippen LogP contribution is -2.38. The van der Waals surface area contributed by atoms with Gasteiger partial charge in [-0.05, 0) is 35.4 Å². The Morgan fingerprint density at radius 1 is 1.21 bits per heavy atom. The van der Waals surface area contributed by atoms with E-state index in [1.807, 2.05) is 12.1 Å². The number of aliphatic hydroxyl groups is 1. The van der Waals surface area contributed by atoms with E-state index in [-0.39, 0.29) is 12.4 Å². The molecule has 1 saturated heterocycles. The van der Waals surface area contributed by atoms with Crippen LogP contribution in [0.1, 0.15) is 11.6 Å². The van der Waals surface area contributed by atoms with E-state index in [4.69, 9.17) is 9.47 Å². The summed E-state index contributed by atoms with van der Waals surface area (Å²) < 4.78 is 24.7.